The second-order valence-corrected chi connectivity index (χ2v) is 19.6. The third-order valence-corrected chi connectivity index (χ3v) is 15.8. The predicted octanol–water partition coefficient (Wildman–Crippen LogP) is 18.5. The molecular formula is C66H42N4S. The number of rotatable bonds is 7. The molecule has 0 bridgehead atoms. The number of hydrogen-bond donors (Lipinski definition) is 0. The lowest BCUT2D eigenvalue weighted by Crippen LogP contribution is -2.10. The summed E-state index contributed by atoms with van der Waals surface area (Å²) in [6.07, 6.45) is 0. The highest BCUT2D eigenvalue weighted by Gasteiger charge is 2.23. The van der Waals surface area contributed by atoms with Gasteiger partial charge in [-0.2, -0.15) is 0 Å². The third-order valence-electron chi connectivity index (χ3n) is 14.6. The van der Waals surface area contributed by atoms with Gasteiger partial charge < -0.3 is 18.6 Å². The first-order valence-corrected chi connectivity index (χ1v) is 25.1. The Balaban J connectivity index is 0.980. The first-order valence-electron chi connectivity index (χ1n) is 24.3. The molecule has 71 heavy (non-hydrogen) atoms. The zero-order valence-corrected chi connectivity index (χ0v) is 39.3. The van der Waals surface area contributed by atoms with Crippen LogP contribution >= 0.6 is 11.3 Å². The molecule has 0 fully saturated rings. The number of anilines is 3. The lowest BCUT2D eigenvalue weighted by atomic mass is 10.0. The van der Waals surface area contributed by atoms with Crippen molar-refractivity contribution >= 4 is 114 Å². The summed E-state index contributed by atoms with van der Waals surface area (Å²) in [7, 11) is 0. The van der Waals surface area contributed by atoms with E-state index in [1.165, 1.54) is 91.2 Å². The van der Waals surface area contributed by atoms with E-state index in [4.69, 9.17) is 0 Å². The Morgan fingerprint density at radius 3 is 1.24 bits per heavy atom. The third kappa shape index (κ3) is 6.10. The molecular weight excluding hydrogens is 881 g/mol. The van der Waals surface area contributed by atoms with Gasteiger partial charge in [0.05, 0.1) is 33.1 Å². The largest absolute Gasteiger partial charge is 0.310 e. The fraction of sp³-hybridized carbons (Fsp3) is 0. The summed E-state index contributed by atoms with van der Waals surface area (Å²) in [5.74, 6) is 0. The van der Waals surface area contributed by atoms with E-state index in [-0.39, 0.29) is 0 Å². The molecule has 0 aliphatic heterocycles. The topological polar surface area (TPSA) is 18.0 Å². The first kappa shape index (κ1) is 39.8. The molecule has 4 aromatic heterocycles. The van der Waals surface area contributed by atoms with Crippen LogP contribution in [0.1, 0.15) is 0 Å². The van der Waals surface area contributed by atoms with Crippen molar-refractivity contribution in [1.82, 2.24) is 13.7 Å². The van der Waals surface area contributed by atoms with Crippen LogP contribution in [0.2, 0.25) is 0 Å². The molecule has 332 valence electrons. The molecule has 0 unspecified atom stereocenters. The van der Waals surface area contributed by atoms with E-state index in [1.807, 2.05) is 11.3 Å². The summed E-state index contributed by atoms with van der Waals surface area (Å²) in [5.41, 5.74) is 16.2. The first-order chi connectivity index (χ1) is 35.2. The van der Waals surface area contributed by atoms with E-state index in [0.29, 0.717) is 0 Å². The van der Waals surface area contributed by atoms with Crippen LogP contribution in [0.4, 0.5) is 17.1 Å². The quantitative estimate of drug-likeness (QED) is 0.156. The lowest BCUT2D eigenvalue weighted by Gasteiger charge is -2.26. The van der Waals surface area contributed by atoms with Gasteiger partial charge in [-0.05, 0) is 126 Å². The lowest BCUT2D eigenvalue weighted by molar-refractivity contribution is 1.17. The average Bonchev–Trinajstić information content (AvgIpc) is 4.17. The Bertz CT molecular complexity index is 4560. The molecule has 0 spiro atoms. The highest BCUT2D eigenvalue weighted by Crippen LogP contribution is 2.46. The van der Waals surface area contributed by atoms with Gasteiger partial charge in [-0.3, -0.25) is 0 Å². The number of fused-ring (bicyclic) bond motifs is 12. The highest BCUT2D eigenvalue weighted by molar-refractivity contribution is 7.26. The summed E-state index contributed by atoms with van der Waals surface area (Å²) in [5, 5.41) is 9.90. The number of nitrogens with zero attached hydrogens (tertiary/aromatic N) is 4. The summed E-state index contributed by atoms with van der Waals surface area (Å²) in [6.45, 7) is 0. The van der Waals surface area contributed by atoms with Crippen LogP contribution < -0.4 is 4.90 Å². The molecule has 4 nitrogen and oxygen atoms in total. The maximum atomic E-state index is 2.45. The molecule has 0 aliphatic carbocycles. The number of benzene rings is 11. The van der Waals surface area contributed by atoms with Crippen LogP contribution in [0.3, 0.4) is 0 Å². The molecule has 0 aliphatic rings. The Morgan fingerprint density at radius 2 is 0.676 bits per heavy atom. The normalized spacial score (nSPS) is 11.9. The SMILES string of the molecule is c1ccc(-n2c3ccccc3c3cc(N(c4ccc(-c5cccc6c5sc5ccccc56)cc4)c4ccc5c(c4)c4cc6c(cc4n5-c4ccccc4)c4ccccc4n6-c4ccccc4)ccc32)cc1. The zero-order valence-electron chi connectivity index (χ0n) is 38.4. The summed E-state index contributed by atoms with van der Waals surface area (Å²) >= 11 is 1.88. The number of aromatic nitrogens is 3. The predicted molar refractivity (Wildman–Crippen MR) is 302 cm³/mol. The van der Waals surface area contributed by atoms with Crippen LogP contribution in [-0.2, 0) is 0 Å². The van der Waals surface area contributed by atoms with Crippen molar-refractivity contribution in [3.05, 3.63) is 255 Å². The van der Waals surface area contributed by atoms with Crippen molar-refractivity contribution in [2.24, 2.45) is 0 Å². The molecule has 5 heteroatoms. The van der Waals surface area contributed by atoms with Crippen LogP contribution in [-0.4, -0.2) is 13.7 Å². The number of thiophene rings is 1. The fourth-order valence-electron chi connectivity index (χ4n) is 11.5. The minimum Gasteiger partial charge on any atom is -0.310 e. The molecule has 4 heterocycles. The van der Waals surface area contributed by atoms with Crippen LogP contribution in [0.15, 0.2) is 255 Å². The Kier molecular flexibility index (Phi) is 8.79. The van der Waals surface area contributed by atoms with E-state index < -0.39 is 0 Å². The second kappa shape index (κ2) is 15.7. The molecule has 15 aromatic rings. The van der Waals surface area contributed by atoms with E-state index in [0.717, 1.165) is 39.6 Å². The van der Waals surface area contributed by atoms with E-state index in [9.17, 15) is 0 Å². The van der Waals surface area contributed by atoms with Crippen molar-refractivity contribution in [1.29, 1.82) is 0 Å². The van der Waals surface area contributed by atoms with E-state index in [1.54, 1.807) is 0 Å². The maximum absolute atomic E-state index is 2.45. The molecule has 11 aromatic carbocycles. The number of para-hydroxylation sites is 5. The number of hydrogen-bond acceptors (Lipinski definition) is 2. The molecule has 0 saturated carbocycles. The van der Waals surface area contributed by atoms with Gasteiger partial charge in [0.2, 0.25) is 0 Å². The van der Waals surface area contributed by atoms with Crippen molar-refractivity contribution in [2.45, 2.75) is 0 Å². The van der Waals surface area contributed by atoms with Gasteiger partial charge in [0.1, 0.15) is 0 Å². The van der Waals surface area contributed by atoms with E-state index in [2.05, 4.69) is 273 Å². The summed E-state index contributed by atoms with van der Waals surface area (Å²) in [4.78, 5) is 2.45. The summed E-state index contributed by atoms with van der Waals surface area (Å²) < 4.78 is 9.89. The van der Waals surface area contributed by atoms with Crippen LogP contribution in [0.25, 0.3) is 114 Å². The van der Waals surface area contributed by atoms with E-state index >= 15 is 0 Å². The van der Waals surface area contributed by atoms with Crippen LogP contribution in [0.5, 0.6) is 0 Å². The molecule has 0 saturated heterocycles. The van der Waals surface area contributed by atoms with Crippen molar-refractivity contribution in [2.75, 3.05) is 4.90 Å². The minimum atomic E-state index is 1.08. The fourth-order valence-corrected chi connectivity index (χ4v) is 12.7. The Morgan fingerprint density at radius 1 is 0.268 bits per heavy atom. The molecule has 0 amide bonds. The monoisotopic (exact) mass is 922 g/mol. The molecule has 0 radical (unpaired) electrons. The van der Waals surface area contributed by atoms with Crippen LogP contribution in [0, 0.1) is 0 Å². The molecule has 15 rings (SSSR count). The Labute approximate surface area is 413 Å². The molecule has 0 atom stereocenters. The van der Waals surface area contributed by atoms with Gasteiger partial charge >= 0.3 is 0 Å². The van der Waals surface area contributed by atoms with Crippen molar-refractivity contribution in [3.63, 3.8) is 0 Å². The molecule has 0 N–H and O–H groups in total. The maximum Gasteiger partial charge on any atom is 0.0548 e. The highest BCUT2D eigenvalue weighted by atomic mass is 32.1. The minimum absolute atomic E-state index is 1.08. The van der Waals surface area contributed by atoms with Gasteiger partial charge in [-0.15, -0.1) is 11.3 Å². The van der Waals surface area contributed by atoms with Gasteiger partial charge in [-0.1, -0.05) is 140 Å². The Hall–Kier alpha value is -9.16. The van der Waals surface area contributed by atoms with Gasteiger partial charge in [0.25, 0.3) is 0 Å². The zero-order chi connectivity index (χ0) is 46.6. The second-order valence-electron chi connectivity index (χ2n) is 18.5. The average molecular weight is 923 g/mol. The van der Waals surface area contributed by atoms with Crippen molar-refractivity contribution in [3.8, 4) is 28.2 Å². The van der Waals surface area contributed by atoms with Gasteiger partial charge in [-0.25, -0.2) is 0 Å². The smallest absolute Gasteiger partial charge is 0.0548 e. The van der Waals surface area contributed by atoms with Crippen molar-refractivity contribution < 1.29 is 0 Å². The standard InChI is InChI=1S/C66H42N4S/c1-4-17-44(18-5-1)68-59-28-13-10-23-51(59)55-39-48(35-37-61(55)68)67(47-33-31-43(32-34-47)50-26-16-27-54-53-25-12-15-30-65(53)71-66(50)54)49-36-38-62-56(40-49)58-42-63-57(41-64(58)70(62)46-21-8-3-9-22-46)52-24-11-14-29-60(52)69(63)45-19-6-2-7-20-45/h1-42H. The van der Waals surface area contributed by atoms with Gasteiger partial charge in [0.15, 0.2) is 0 Å². The summed E-state index contributed by atoms with van der Waals surface area (Å²) in [6, 6.07) is 93.5. The van der Waals surface area contributed by atoms with Gasteiger partial charge in [0, 0.05) is 86.6 Å².